The van der Waals surface area contributed by atoms with Crippen LogP contribution in [0.2, 0.25) is 0 Å². The van der Waals surface area contributed by atoms with Crippen molar-refractivity contribution < 1.29 is 14.8 Å². The Labute approximate surface area is 117 Å². The number of aliphatic carboxylic acids is 1. The largest absolute Gasteiger partial charge is 0.481 e. The van der Waals surface area contributed by atoms with E-state index in [-0.39, 0.29) is 22.9 Å². The van der Waals surface area contributed by atoms with E-state index in [2.05, 4.69) is 0 Å². The Morgan fingerprint density at radius 1 is 1.55 bits per heavy atom. The molecule has 1 N–H and O–H groups in total. The van der Waals surface area contributed by atoms with Gasteiger partial charge < -0.3 is 10.0 Å². The van der Waals surface area contributed by atoms with Crippen molar-refractivity contribution in [2.24, 2.45) is 5.92 Å². The SMILES string of the molecule is Cc1ccc(N2CCCC(CC(=O)O)C2)cc1[N+](=O)[O-]. The second kappa shape index (κ2) is 5.90. The molecule has 1 aliphatic heterocycles. The molecule has 1 saturated heterocycles. The average molecular weight is 278 g/mol. The molecule has 1 heterocycles. The third kappa shape index (κ3) is 3.26. The molecule has 108 valence electrons. The lowest BCUT2D eigenvalue weighted by atomic mass is 9.94. The van der Waals surface area contributed by atoms with Crippen molar-refractivity contribution in [2.45, 2.75) is 26.2 Å². The van der Waals surface area contributed by atoms with Gasteiger partial charge in [-0.2, -0.15) is 0 Å². The van der Waals surface area contributed by atoms with E-state index in [1.807, 2.05) is 11.0 Å². The number of anilines is 1. The number of nitro benzene ring substituents is 1. The Hall–Kier alpha value is -2.11. The highest BCUT2D eigenvalue weighted by molar-refractivity contribution is 5.67. The van der Waals surface area contributed by atoms with E-state index in [0.29, 0.717) is 12.1 Å². The van der Waals surface area contributed by atoms with Crippen molar-refractivity contribution in [1.29, 1.82) is 0 Å². The van der Waals surface area contributed by atoms with Gasteiger partial charge in [-0.05, 0) is 31.7 Å². The molecule has 0 amide bonds. The summed E-state index contributed by atoms with van der Waals surface area (Å²) in [6.07, 6.45) is 1.97. The average Bonchev–Trinajstić information content (AvgIpc) is 2.38. The summed E-state index contributed by atoms with van der Waals surface area (Å²) < 4.78 is 0. The van der Waals surface area contributed by atoms with Gasteiger partial charge in [0.1, 0.15) is 0 Å². The first kappa shape index (κ1) is 14.3. The fraction of sp³-hybridized carbons (Fsp3) is 0.500. The molecular formula is C14H18N2O4. The number of nitrogens with zero attached hydrogens (tertiary/aromatic N) is 2. The molecule has 0 radical (unpaired) electrons. The molecule has 0 bridgehead atoms. The monoisotopic (exact) mass is 278 g/mol. The molecule has 1 aromatic rings. The zero-order chi connectivity index (χ0) is 14.7. The van der Waals surface area contributed by atoms with E-state index in [0.717, 1.165) is 25.1 Å². The quantitative estimate of drug-likeness (QED) is 0.676. The van der Waals surface area contributed by atoms with Crippen molar-refractivity contribution in [2.75, 3.05) is 18.0 Å². The third-order valence-electron chi connectivity index (χ3n) is 3.74. The number of benzene rings is 1. The minimum absolute atomic E-state index is 0.113. The molecule has 2 rings (SSSR count). The smallest absolute Gasteiger partial charge is 0.303 e. The Balaban J connectivity index is 2.16. The second-order valence-corrected chi connectivity index (χ2v) is 5.28. The number of rotatable bonds is 4. The summed E-state index contributed by atoms with van der Waals surface area (Å²) in [5.74, 6) is -0.673. The molecule has 1 aliphatic rings. The number of hydrogen-bond donors (Lipinski definition) is 1. The van der Waals surface area contributed by atoms with E-state index in [1.54, 1.807) is 19.1 Å². The van der Waals surface area contributed by atoms with Crippen LogP contribution in [0.25, 0.3) is 0 Å². The van der Waals surface area contributed by atoms with E-state index >= 15 is 0 Å². The van der Waals surface area contributed by atoms with Crippen LogP contribution >= 0.6 is 0 Å². The molecule has 1 fully saturated rings. The van der Waals surface area contributed by atoms with Crippen molar-refractivity contribution in [3.05, 3.63) is 33.9 Å². The Bertz CT molecular complexity index is 530. The predicted octanol–water partition coefficient (Wildman–Crippen LogP) is 2.59. The molecule has 0 spiro atoms. The molecule has 0 saturated carbocycles. The van der Waals surface area contributed by atoms with Crippen molar-refractivity contribution in [3.8, 4) is 0 Å². The zero-order valence-corrected chi connectivity index (χ0v) is 11.4. The van der Waals surface area contributed by atoms with Crippen LogP contribution in [-0.2, 0) is 4.79 Å². The molecule has 1 atom stereocenters. The van der Waals surface area contributed by atoms with Gasteiger partial charge in [0.15, 0.2) is 0 Å². The van der Waals surface area contributed by atoms with Crippen molar-refractivity contribution in [1.82, 2.24) is 0 Å². The van der Waals surface area contributed by atoms with Gasteiger partial charge in [0, 0.05) is 36.8 Å². The summed E-state index contributed by atoms with van der Waals surface area (Å²) in [6.45, 7) is 3.17. The number of aryl methyl sites for hydroxylation is 1. The van der Waals surface area contributed by atoms with Crippen LogP contribution in [0.3, 0.4) is 0 Å². The van der Waals surface area contributed by atoms with Gasteiger partial charge in [0.2, 0.25) is 0 Å². The highest BCUT2D eigenvalue weighted by atomic mass is 16.6. The summed E-state index contributed by atoms with van der Waals surface area (Å²) in [6, 6.07) is 5.19. The standard InChI is InChI=1S/C14H18N2O4/c1-10-4-5-12(8-13(10)16(19)20)15-6-2-3-11(9-15)7-14(17)18/h4-5,8,11H,2-3,6-7,9H2,1H3,(H,17,18). The third-order valence-corrected chi connectivity index (χ3v) is 3.74. The highest BCUT2D eigenvalue weighted by Crippen LogP contribution is 2.29. The fourth-order valence-corrected chi connectivity index (χ4v) is 2.70. The summed E-state index contributed by atoms with van der Waals surface area (Å²) in [5.41, 5.74) is 1.55. The van der Waals surface area contributed by atoms with Gasteiger partial charge >= 0.3 is 5.97 Å². The normalized spacial score (nSPS) is 18.9. The van der Waals surface area contributed by atoms with Gasteiger partial charge in [0.05, 0.1) is 4.92 Å². The molecule has 1 aromatic carbocycles. The lowest BCUT2D eigenvalue weighted by Crippen LogP contribution is -2.36. The lowest BCUT2D eigenvalue weighted by molar-refractivity contribution is -0.385. The minimum Gasteiger partial charge on any atom is -0.481 e. The maximum atomic E-state index is 11.0. The number of piperidine rings is 1. The van der Waals surface area contributed by atoms with Crippen molar-refractivity contribution >= 4 is 17.3 Å². The second-order valence-electron chi connectivity index (χ2n) is 5.28. The van der Waals surface area contributed by atoms with E-state index in [9.17, 15) is 14.9 Å². The van der Waals surface area contributed by atoms with Crippen LogP contribution in [0.15, 0.2) is 18.2 Å². The molecule has 1 unspecified atom stereocenters. The van der Waals surface area contributed by atoms with Crippen LogP contribution in [0.1, 0.15) is 24.8 Å². The van der Waals surface area contributed by atoms with Gasteiger partial charge in [0.25, 0.3) is 5.69 Å². The number of hydrogen-bond acceptors (Lipinski definition) is 4. The van der Waals surface area contributed by atoms with Gasteiger partial charge in [-0.15, -0.1) is 0 Å². The maximum Gasteiger partial charge on any atom is 0.303 e. The van der Waals surface area contributed by atoms with Crippen molar-refractivity contribution in [3.63, 3.8) is 0 Å². The lowest BCUT2D eigenvalue weighted by Gasteiger charge is -2.33. The summed E-state index contributed by atoms with van der Waals surface area (Å²) in [4.78, 5) is 23.4. The number of nitro groups is 1. The molecule has 6 heteroatoms. The summed E-state index contributed by atoms with van der Waals surface area (Å²) in [5, 5.41) is 19.8. The first-order chi connectivity index (χ1) is 9.47. The summed E-state index contributed by atoms with van der Waals surface area (Å²) in [7, 11) is 0. The van der Waals surface area contributed by atoms with E-state index in [4.69, 9.17) is 5.11 Å². The van der Waals surface area contributed by atoms with Gasteiger partial charge in [-0.1, -0.05) is 6.07 Å². The molecule has 20 heavy (non-hydrogen) atoms. The zero-order valence-electron chi connectivity index (χ0n) is 11.4. The fourth-order valence-electron chi connectivity index (χ4n) is 2.70. The van der Waals surface area contributed by atoms with E-state index in [1.165, 1.54) is 0 Å². The van der Waals surface area contributed by atoms with E-state index < -0.39 is 5.97 Å². The topological polar surface area (TPSA) is 83.7 Å². The molecular weight excluding hydrogens is 260 g/mol. The molecule has 6 nitrogen and oxygen atoms in total. The van der Waals surface area contributed by atoms with Crippen LogP contribution in [0.4, 0.5) is 11.4 Å². The first-order valence-corrected chi connectivity index (χ1v) is 6.69. The molecule has 0 aromatic heterocycles. The Morgan fingerprint density at radius 3 is 2.95 bits per heavy atom. The van der Waals surface area contributed by atoms with Crippen LogP contribution in [0.5, 0.6) is 0 Å². The van der Waals surface area contributed by atoms with Crippen LogP contribution in [0, 0.1) is 23.0 Å². The Kier molecular flexibility index (Phi) is 4.22. The first-order valence-electron chi connectivity index (χ1n) is 6.69. The van der Waals surface area contributed by atoms with Crippen LogP contribution in [-0.4, -0.2) is 29.1 Å². The number of carboxylic acid groups (broad SMARTS) is 1. The number of carbonyl (C=O) groups is 1. The van der Waals surface area contributed by atoms with Crippen LogP contribution < -0.4 is 4.90 Å². The van der Waals surface area contributed by atoms with Gasteiger partial charge in [-0.25, -0.2) is 0 Å². The van der Waals surface area contributed by atoms with Gasteiger partial charge in [-0.3, -0.25) is 14.9 Å². The molecule has 0 aliphatic carbocycles. The predicted molar refractivity (Wildman–Crippen MR) is 75.0 cm³/mol. The highest BCUT2D eigenvalue weighted by Gasteiger charge is 2.23. The minimum atomic E-state index is -0.785. The summed E-state index contributed by atoms with van der Waals surface area (Å²) >= 11 is 0. The maximum absolute atomic E-state index is 11.0. The number of carboxylic acids is 1. The Morgan fingerprint density at radius 2 is 2.30 bits per heavy atom.